The second-order valence-corrected chi connectivity index (χ2v) is 5.56. The largest absolute Gasteiger partial charge is 0.0628 e. The van der Waals surface area contributed by atoms with E-state index in [1.807, 2.05) is 0 Å². The lowest BCUT2D eigenvalue weighted by Crippen LogP contribution is -1.99. The first-order chi connectivity index (χ1) is 7.59. The zero-order valence-corrected chi connectivity index (χ0v) is 11.2. The Bertz CT molecular complexity index is 266. The van der Waals surface area contributed by atoms with Crippen LogP contribution in [0.5, 0.6) is 0 Å². The molecule has 0 heterocycles. The summed E-state index contributed by atoms with van der Waals surface area (Å²) in [7, 11) is 0. The van der Waals surface area contributed by atoms with Crippen LogP contribution in [0.4, 0.5) is 0 Å². The summed E-state index contributed by atoms with van der Waals surface area (Å²) in [5.74, 6) is 1.58. The predicted molar refractivity (Wildman–Crippen MR) is 71.6 cm³/mol. The lowest BCUT2D eigenvalue weighted by molar-refractivity contribution is 0.571. The minimum atomic E-state index is 0.790. The Morgan fingerprint density at radius 2 is 1.50 bits per heavy atom. The molecule has 1 aromatic rings. The molecule has 0 bridgehead atoms. The van der Waals surface area contributed by atoms with Crippen LogP contribution in [-0.4, -0.2) is 0 Å². The van der Waals surface area contributed by atoms with Gasteiger partial charge in [-0.25, -0.2) is 0 Å². The fourth-order valence-electron chi connectivity index (χ4n) is 1.86. The highest BCUT2D eigenvalue weighted by atomic mass is 14.1. The van der Waals surface area contributed by atoms with Crippen molar-refractivity contribution in [3.8, 4) is 0 Å². The van der Waals surface area contributed by atoms with Gasteiger partial charge in [-0.2, -0.15) is 0 Å². The highest BCUT2D eigenvalue weighted by molar-refractivity contribution is 5.26. The van der Waals surface area contributed by atoms with Crippen molar-refractivity contribution in [3.05, 3.63) is 35.4 Å². The third-order valence-corrected chi connectivity index (χ3v) is 3.03. The average molecular weight is 217 g/mol. The standard InChI is InChI=1S/C16H25/c1-13(2)9-11-15-7-5-6-8-16(15)12-10-14(3)4/h5,7-8,13-14H,9-12H2,1-4H3. The maximum Gasteiger partial charge on any atom is -0.0181 e. The number of hydrogen-bond donors (Lipinski definition) is 0. The first-order valence-electron chi connectivity index (χ1n) is 6.57. The highest BCUT2D eigenvalue weighted by Gasteiger charge is 2.04. The molecule has 0 aliphatic heterocycles. The summed E-state index contributed by atoms with van der Waals surface area (Å²) in [6, 6.07) is 9.69. The molecule has 0 fully saturated rings. The van der Waals surface area contributed by atoms with E-state index in [0.29, 0.717) is 0 Å². The van der Waals surface area contributed by atoms with E-state index in [9.17, 15) is 0 Å². The normalized spacial score (nSPS) is 11.4. The van der Waals surface area contributed by atoms with Gasteiger partial charge in [0.05, 0.1) is 0 Å². The summed E-state index contributed by atoms with van der Waals surface area (Å²) in [5, 5.41) is 0. The van der Waals surface area contributed by atoms with Crippen LogP contribution in [0.3, 0.4) is 0 Å². The van der Waals surface area contributed by atoms with Gasteiger partial charge in [0, 0.05) is 0 Å². The molecule has 1 aromatic carbocycles. The van der Waals surface area contributed by atoms with Crippen LogP contribution in [0.25, 0.3) is 0 Å². The van der Waals surface area contributed by atoms with Gasteiger partial charge in [-0.3, -0.25) is 0 Å². The molecular weight excluding hydrogens is 192 g/mol. The summed E-state index contributed by atoms with van der Waals surface area (Å²) in [6.07, 6.45) is 5.01. The zero-order valence-electron chi connectivity index (χ0n) is 11.2. The van der Waals surface area contributed by atoms with E-state index >= 15 is 0 Å². The molecule has 0 saturated carbocycles. The van der Waals surface area contributed by atoms with Crippen molar-refractivity contribution >= 4 is 0 Å². The van der Waals surface area contributed by atoms with Crippen LogP contribution in [0.2, 0.25) is 0 Å². The molecule has 0 N–H and O–H groups in total. The van der Waals surface area contributed by atoms with E-state index < -0.39 is 0 Å². The van der Waals surface area contributed by atoms with E-state index in [4.69, 9.17) is 0 Å². The molecule has 0 atom stereocenters. The van der Waals surface area contributed by atoms with Crippen LogP contribution < -0.4 is 0 Å². The Balaban J connectivity index is 2.60. The number of benzene rings is 1. The van der Waals surface area contributed by atoms with Gasteiger partial charge in [-0.05, 0) is 54.7 Å². The minimum Gasteiger partial charge on any atom is -0.0628 e. The maximum absolute atomic E-state index is 3.21. The lowest BCUT2D eigenvalue weighted by Gasteiger charge is -2.11. The Morgan fingerprint density at radius 1 is 0.938 bits per heavy atom. The van der Waals surface area contributed by atoms with Gasteiger partial charge in [-0.15, -0.1) is 0 Å². The van der Waals surface area contributed by atoms with Crippen molar-refractivity contribution in [3.63, 3.8) is 0 Å². The third kappa shape index (κ3) is 4.83. The molecule has 0 aliphatic carbocycles. The number of aryl methyl sites for hydroxylation is 2. The maximum atomic E-state index is 3.21. The molecule has 0 unspecified atom stereocenters. The summed E-state index contributed by atoms with van der Waals surface area (Å²) in [6.45, 7) is 9.17. The van der Waals surface area contributed by atoms with Crippen molar-refractivity contribution in [1.82, 2.24) is 0 Å². The van der Waals surface area contributed by atoms with Crippen LogP contribution in [0.1, 0.15) is 51.7 Å². The van der Waals surface area contributed by atoms with E-state index in [1.165, 1.54) is 36.8 Å². The van der Waals surface area contributed by atoms with E-state index in [0.717, 1.165) is 11.8 Å². The Labute approximate surface area is 101 Å². The zero-order chi connectivity index (χ0) is 12.0. The molecule has 0 heteroatoms. The van der Waals surface area contributed by atoms with Crippen LogP contribution in [0.15, 0.2) is 18.2 Å². The van der Waals surface area contributed by atoms with Gasteiger partial charge < -0.3 is 0 Å². The molecule has 1 rings (SSSR count). The molecule has 1 radical (unpaired) electrons. The van der Waals surface area contributed by atoms with E-state index in [2.05, 4.69) is 52.0 Å². The second-order valence-electron chi connectivity index (χ2n) is 5.56. The summed E-state index contributed by atoms with van der Waals surface area (Å²) < 4.78 is 0. The first kappa shape index (κ1) is 13.3. The van der Waals surface area contributed by atoms with Crippen molar-refractivity contribution in [2.24, 2.45) is 11.8 Å². The van der Waals surface area contributed by atoms with Gasteiger partial charge in [0.15, 0.2) is 0 Å². The lowest BCUT2D eigenvalue weighted by atomic mass is 9.94. The molecule has 89 valence electrons. The fraction of sp³-hybridized carbons (Fsp3) is 0.625. The average Bonchev–Trinajstić information content (AvgIpc) is 2.24. The molecule has 0 aromatic heterocycles. The molecule has 0 amide bonds. The fourth-order valence-corrected chi connectivity index (χ4v) is 1.86. The Kier molecular flexibility index (Phi) is 5.59. The summed E-state index contributed by atoms with van der Waals surface area (Å²) in [4.78, 5) is 0. The molecule has 0 aliphatic rings. The van der Waals surface area contributed by atoms with Gasteiger partial charge in [0.2, 0.25) is 0 Å². The third-order valence-electron chi connectivity index (χ3n) is 3.03. The van der Waals surface area contributed by atoms with Crippen LogP contribution in [-0.2, 0) is 12.8 Å². The van der Waals surface area contributed by atoms with Crippen molar-refractivity contribution in [2.75, 3.05) is 0 Å². The predicted octanol–water partition coefficient (Wildman–Crippen LogP) is 4.66. The van der Waals surface area contributed by atoms with Crippen LogP contribution >= 0.6 is 0 Å². The summed E-state index contributed by atoms with van der Waals surface area (Å²) >= 11 is 0. The highest BCUT2D eigenvalue weighted by Crippen LogP contribution is 2.17. The van der Waals surface area contributed by atoms with E-state index in [-0.39, 0.29) is 0 Å². The molecule has 0 spiro atoms. The molecular formula is C16H25. The number of rotatable bonds is 6. The van der Waals surface area contributed by atoms with Crippen molar-refractivity contribution < 1.29 is 0 Å². The van der Waals surface area contributed by atoms with Crippen molar-refractivity contribution in [2.45, 2.75) is 53.4 Å². The molecule has 0 saturated heterocycles. The van der Waals surface area contributed by atoms with Crippen molar-refractivity contribution in [1.29, 1.82) is 0 Å². The van der Waals surface area contributed by atoms with Gasteiger partial charge in [0.25, 0.3) is 0 Å². The molecule has 16 heavy (non-hydrogen) atoms. The minimum absolute atomic E-state index is 0.790. The van der Waals surface area contributed by atoms with Gasteiger partial charge in [-0.1, -0.05) is 45.9 Å². The topological polar surface area (TPSA) is 0 Å². The van der Waals surface area contributed by atoms with E-state index in [1.54, 1.807) is 0 Å². The molecule has 0 nitrogen and oxygen atoms in total. The van der Waals surface area contributed by atoms with Gasteiger partial charge >= 0.3 is 0 Å². The Morgan fingerprint density at radius 3 is 2.06 bits per heavy atom. The van der Waals surface area contributed by atoms with Gasteiger partial charge in [0.1, 0.15) is 0 Å². The number of hydrogen-bond acceptors (Lipinski definition) is 0. The summed E-state index contributed by atoms with van der Waals surface area (Å²) in [5.41, 5.74) is 3.05. The second kappa shape index (κ2) is 6.73. The first-order valence-corrected chi connectivity index (χ1v) is 6.57. The van der Waals surface area contributed by atoms with Crippen LogP contribution in [0, 0.1) is 17.9 Å². The SMILES string of the molecule is CC(C)CCc1c[c]ccc1CCC(C)C. The smallest absolute Gasteiger partial charge is 0.0181 e. The monoisotopic (exact) mass is 217 g/mol. The quantitative estimate of drug-likeness (QED) is 0.650. The Hall–Kier alpha value is -0.780.